The zero-order valence-corrected chi connectivity index (χ0v) is 15.0. The second-order valence-corrected chi connectivity index (χ2v) is 6.69. The number of benzene rings is 2. The van der Waals surface area contributed by atoms with Crippen molar-refractivity contribution in [3.8, 4) is 0 Å². The molecule has 0 spiro atoms. The summed E-state index contributed by atoms with van der Waals surface area (Å²) in [5, 5.41) is 3.96. The molecule has 1 amide bonds. The summed E-state index contributed by atoms with van der Waals surface area (Å²) in [5.41, 5.74) is 2.06. The second-order valence-electron chi connectivity index (χ2n) is 4.16. The van der Waals surface area contributed by atoms with Crippen LogP contribution < -0.4 is 5.32 Å². The van der Waals surface area contributed by atoms with Crippen molar-refractivity contribution in [2.45, 2.75) is 6.92 Å². The van der Waals surface area contributed by atoms with Crippen molar-refractivity contribution in [2.24, 2.45) is 0 Å². The summed E-state index contributed by atoms with van der Waals surface area (Å²) in [6.45, 7) is 1.90. The molecule has 2 aromatic rings. The molecule has 0 saturated carbocycles. The van der Waals surface area contributed by atoms with Crippen molar-refractivity contribution in [2.75, 3.05) is 5.32 Å². The average molecular weight is 438 g/mol. The standard InChI is InChI=1S/C14H9Br2Cl2NO/c1-7-4-10(16)13(6-12(7)18)19-14(20)8-2-3-11(17)9(15)5-8/h2-6H,1H3,(H,19,20). The maximum atomic E-state index is 12.2. The smallest absolute Gasteiger partial charge is 0.255 e. The number of anilines is 1. The van der Waals surface area contributed by atoms with Gasteiger partial charge in [0.15, 0.2) is 0 Å². The van der Waals surface area contributed by atoms with Gasteiger partial charge < -0.3 is 5.32 Å². The topological polar surface area (TPSA) is 29.1 Å². The molecular formula is C14H9Br2Cl2NO. The van der Waals surface area contributed by atoms with Gasteiger partial charge in [0.2, 0.25) is 0 Å². The first kappa shape index (κ1) is 15.8. The summed E-state index contributed by atoms with van der Waals surface area (Å²) in [6, 6.07) is 8.56. The van der Waals surface area contributed by atoms with Gasteiger partial charge in [0.05, 0.1) is 10.7 Å². The van der Waals surface area contributed by atoms with Crippen molar-refractivity contribution in [3.63, 3.8) is 0 Å². The van der Waals surface area contributed by atoms with E-state index in [1.54, 1.807) is 24.3 Å². The minimum absolute atomic E-state index is 0.233. The maximum absolute atomic E-state index is 12.2. The van der Waals surface area contributed by atoms with Crippen LogP contribution in [0.4, 0.5) is 5.69 Å². The zero-order chi connectivity index (χ0) is 14.9. The molecule has 0 unspecified atom stereocenters. The molecule has 2 nitrogen and oxygen atoms in total. The normalized spacial score (nSPS) is 10.4. The minimum Gasteiger partial charge on any atom is -0.321 e. The van der Waals surface area contributed by atoms with Crippen LogP contribution in [0.1, 0.15) is 15.9 Å². The predicted octanol–water partition coefficient (Wildman–Crippen LogP) is 6.08. The van der Waals surface area contributed by atoms with Crippen LogP contribution in [-0.4, -0.2) is 5.91 Å². The van der Waals surface area contributed by atoms with Gasteiger partial charge >= 0.3 is 0 Å². The van der Waals surface area contributed by atoms with Crippen LogP contribution >= 0.6 is 55.1 Å². The van der Waals surface area contributed by atoms with Crippen molar-refractivity contribution in [1.29, 1.82) is 0 Å². The Labute approximate surface area is 143 Å². The van der Waals surface area contributed by atoms with Crippen molar-refractivity contribution in [3.05, 3.63) is 60.4 Å². The lowest BCUT2D eigenvalue weighted by Gasteiger charge is -2.10. The van der Waals surface area contributed by atoms with E-state index in [9.17, 15) is 4.79 Å². The fourth-order valence-electron chi connectivity index (χ4n) is 1.57. The Hall–Kier alpha value is -0.550. The van der Waals surface area contributed by atoms with E-state index in [-0.39, 0.29) is 5.91 Å². The van der Waals surface area contributed by atoms with E-state index in [1.165, 1.54) is 0 Å². The quantitative estimate of drug-likeness (QED) is 0.606. The third kappa shape index (κ3) is 3.55. The van der Waals surface area contributed by atoms with Gasteiger partial charge in [0, 0.05) is 19.5 Å². The van der Waals surface area contributed by atoms with Gasteiger partial charge in [-0.05, 0) is 74.7 Å². The third-order valence-electron chi connectivity index (χ3n) is 2.68. The summed E-state index contributed by atoms with van der Waals surface area (Å²) in [5.74, 6) is -0.233. The Morgan fingerprint density at radius 2 is 1.75 bits per heavy atom. The molecule has 2 rings (SSSR count). The Morgan fingerprint density at radius 3 is 2.40 bits per heavy atom. The molecule has 0 aliphatic rings. The van der Waals surface area contributed by atoms with Crippen LogP contribution in [0.15, 0.2) is 39.3 Å². The molecule has 20 heavy (non-hydrogen) atoms. The average Bonchev–Trinajstić information content (AvgIpc) is 2.39. The molecule has 104 valence electrons. The Kier molecular flexibility index (Phi) is 5.13. The third-order valence-corrected chi connectivity index (χ3v) is 4.96. The van der Waals surface area contributed by atoms with Crippen LogP contribution in [-0.2, 0) is 0 Å². The van der Waals surface area contributed by atoms with E-state index in [4.69, 9.17) is 23.2 Å². The fourth-order valence-corrected chi connectivity index (χ4v) is 2.79. The highest BCUT2D eigenvalue weighted by Crippen LogP contribution is 2.30. The molecule has 0 radical (unpaired) electrons. The van der Waals surface area contributed by atoms with E-state index in [0.717, 1.165) is 10.0 Å². The molecule has 0 aliphatic heterocycles. The largest absolute Gasteiger partial charge is 0.321 e. The van der Waals surface area contributed by atoms with Gasteiger partial charge in [-0.1, -0.05) is 23.2 Å². The Balaban J connectivity index is 2.27. The SMILES string of the molecule is Cc1cc(Br)c(NC(=O)c2ccc(Cl)c(Br)c2)cc1Cl. The predicted molar refractivity (Wildman–Crippen MR) is 91.0 cm³/mol. The van der Waals surface area contributed by atoms with Gasteiger partial charge in [-0.25, -0.2) is 0 Å². The van der Waals surface area contributed by atoms with Crippen molar-refractivity contribution in [1.82, 2.24) is 0 Å². The second kappa shape index (κ2) is 6.48. The minimum atomic E-state index is -0.233. The summed E-state index contributed by atoms with van der Waals surface area (Å²) in [7, 11) is 0. The summed E-state index contributed by atoms with van der Waals surface area (Å²) in [4.78, 5) is 12.2. The maximum Gasteiger partial charge on any atom is 0.255 e. The monoisotopic (exact) mass is 435 g/mol. The number of amides is 1. The molecular weight excluding hydrogens is 429 g/mol. The molecule has 6 heteroatoms. The molecule has 0 aliphatic carbocycles. The Bertz CT molecular complexity index is 689. The number of nitrogens with one attached hydrogen (secondary N) is 1. The van der Waals surface area contributed by atoms with Gasteiger partial charge in [0.25, 0.3) is 5.91 Å². The number of halogens is 4. The van der Waals surface area contributed by atoms with Crippen LogP contribution in [0.3, 0.4) is 0 Å². The first-order chi connectivity index (χ1) is 9.38. The van der Waals surface area contributed by atoms with E-state index in [0.29, 0.717) is 25.8 Å². The van der Waals surface area contributed by atoms with Crippen molar-refractivity contribution < 1.29 is 4.79 Å². The number of rotatable bonds is 2. The molecule has 0 saturated heterocycles. The van der Waals surface area contributed by atoms with E-state index in [1.807, 2.05) is 13.0 Å². The first-order valence-corrected chi connectivity index (χ1v) is 7.94. The highest BCUT2D eigenvalue weighted by molar-refractivity contribution is 9.11. The van der Waals surface area contributed by atoms with E-state index >= 15 is 0 Å². The molecule has 2 aromatic carbocycles. The number of carbonyl (C=O) groups excluding carboxylic acids is 1. The number of hydrogen-bond acceptors (Lipinski definition) is 1. The lowest BCUT2D eigenvalue weighted by molar-refractivity contribution is 0.102. The summed E-state index contributed by atoms with van der Waals surface area (Å²) >= 11 is 18.7. The lowest BCUT2D eigenvalue weighted by Crippen LogP contribution is -2.12. The highest BCUT2D eigenvalue weighted by atomic mass is 79.9. The molecule has 0 aromatic heterocycles. The van der Waals surface area contributed by atoms with Crippen LogP contribution in [0.5, 0.6) is 0 Å². The number of carbonyl (C=O) groups is 1. The fraction of sp³-hybridized carbons (Fsp3) is 0.0714. The molecule has 0 atom stereocenters. The number of hydrogen-bond donors (Lipinski definition) is 1. The first-order valence-electron chi connectivity index (χ1n) is 5.60. The van der Waals surface area contributed by atoms with Crippen LogP contribution in [0.2, 0.25) is 10.0 Å². The van der Waals surface area contributed by atoms with Gasteiger partial charge in [-0.3, -0.25) is 4.79 Å². The summed E-state index contributed by atoms with van der Waals surface area (Å²) in [6.07, 6.45) is 0. The zero-order valence-electron chi connectivity index (χ0n) is 10.3. The van der Waals surface area contributed by atoms with Gasteiger partial charge in [-0.2, -0.15) is 0 Å². The molecule has 0 heterocycles. The summed E-state index contributed by atoms with van der Waals surface area (Å²) < 4.78 is 1.45. The molecule has 1 N–H and O–H groups in total. The molecule has 0 fully saturated rings. The van der Waals surface area contributed by atoms with E-state index in [2.05, 4.69) is 37.2 Å². The van der Waals surface area contributed by atoms with Crippen molar-refractivity contribution >= 4 is 66.7 Å². The van der Waals surface area contributed by atoms with Crippen LogP contribution in [0.25, 0.3) is 0 Å². The van der Waals surface area contributed by atoms with E-state index < -0.39 is 0 Å². The van der Waals surface area contributed by atoms with Gasteiger partial charge in [0.1, 0.15) is 0 Å². The highest BCUT2D eigenvalue weighted by Gasteiger charge is 2.11. The van der Waals surface area contributed by atoms with Gasteiger partial charge in [-0.15, -0.1) is 0 Å². The Morgan fingerprint density at radius 1 is 1.05 bits per heavy atom. The molecule has 0 bridgehead atoms. The number of aryl methyl sites for hydroxylation is 1. The lowest BCUT2D eigenvalue weighted by atomic mass is 10.2. The van der Waals surface area contributed by atoms with Crippen LogP contribution in [0, 0.1) is 6.92 Å².